The fraction of sp³-hybridized carbons (Fsp3) is 0.320. The zero-order chi connectivity index (χ0) is 24.1. The Labute approximate surface area is 207 Å². The molecule has 0 spiro atoms. The van der Waals surface area contributed by atoms with Gasteiger partial charge in [-0.2, -0.15) is 0 Å². The molecule has 0 saturated heterocycles. The van der Waals surface area contributed by atoms with Gasteiger partial charge in [0.25, 0.3) is 5.91 Å². The van der Waals surface area contributed by atoms with Crippen LogP contribution in [0.25, 0.3) is 10.2 Å². The molecule has 2 heterocycles. The van der Waals surface area contributed by atoms with Gasteiger partial charge in [-0.15, -0.1) is 0 Å². The van der Waals surface area contributed by atoms with Gasteiger partial charge in [-0.05, 0) is 57.0 Å². The number of ether oxygens (including phenoxy) is 2. The topological polar surface area (TPSA) is 69.5 Å². The highest BCUT2D eigenvalue weighted by atomic mass is 35.5. The molecule has 2 aromatic carbocycles. The number of nitrogens with zero attached hydrogens (tertiary/aromatic N) is 4. The third kappa shape index (κ3) is 5.18. The fourth-order valence-electron chi connectivity index (χ4n) is 3.66. The van der Waals surface area contributed by atoms with E-state index in [-0.39, 0.29) is 5.91 Å². The van der Waals surface area contributed by atoms with E-state index < -0.39 is 0 Å². The maximum Gasteiger partial charge on any atom is 0.260 e. The zero-order valence-electron chi connectivity index (χ0n) is 19.5. The number of carbonyl (C=O) groups is 1. The van der Waals surface area contributed by atoms with E-state index in [1.54, 1.807) is 35.6 Å². The van der Waals surface area contributed by atoms with E-state index in [2.05, 4.69) is 4.98 Å². The Kier molecular flexibility index (Phi) is 7.70. The minimum absolute atomic E-state index is 0.150. The van der Waals surface area contributed by atoms with E-state index in [1.165, 1.54) is 11.3 Å². The van der Waals surface area contributed by atoms with Gasteiger partial charge >= 0.3 is 0 Å². The van der Waals surface area contributed by atoms with Gasteiger partial charge < -0.3 is 14.0 Å². The highest BCUT2D eigenvalue weighted by molar-refractivity contribution is 7.23. The third-order valence-corrected chi connectivity index (χ3v) is 6.85. The number of hydrogen-bond donors (Lipinski definition) is 0. The van der Waals surface area contributed by atoms with Crippen LogP contribution in [0.1, 0.15) is 36.2 Å². The second-order valence-electron chi connectivity index (χ2n) is 7.68. The molecule has 0 saturated carbocycles. The molecule has 7 nitrogen and oxygen atoms in total. The molecule has 0 fully saturated rings. The van der Waals surface area contributed by atoms with E-state index in [0.29, 0.717) is 47.0 Å². The van der Waals surface area contributed by atoms with Gasteiger partial charge in [-0.25, -0.2) is 9.97 Å². The first-order valence-electron chi connectivity index (χ1n) is 11.2. The van der Waals surface area contributed by atoms with Gasteiger partial charge in [0.15, 0.2) is 16.6 Å². The number of aromatic nitrogens is 3. The van der Waals surface area contributed by atoms with Crippen molar-refractivity contribution >= 4 is 44.2 Å². The van der Waals surface area contributed by atoms with Crippen molar-refractivity contribution in [1.82, 2.24) is 14.5 Å². The quantitative estimate of drug-likeness (QED) is 0.268. The number of carbonyl (C=O) groups excluding carboxylic acids is 1. The molecule has 0 radical (unpaired) electrons. The van der Waals surface area contributed by atoms with E-state index in [9.17, 15) is 4.79 Å². The molecule has 9 heteroatoms. The fourth-order valence-corrected chi connectivity index (χ4v) is 5.00. The molecular formula is C25H27ClN4O3S. The van der Waals surface area contributed by atoms with Crippen LogP contribution < -0.4 is 14.4 Å². The summed E-state index contributed by atoms with van der Waals surface area (Å²) in [5.74, 6) is 1.02. The molecule has 0 aliphatic carbocycles. The van der Waals surface area contributed by atoms with Crippen LogP contribution in [0, 0.1) is 6.92 Å². The van der Waals surface area contributed by atoms with Crippen molar-refractivity contribution in [2.24, 2.45) is 0 Å². The van der Waals surface area contributed by atoms with Gasteiger partial charge in [0, 0.05) is 31.0 Å². The van der Waals surface area contributed by atoms with Crippen LogP contribution in [0.2, 0.25) is 5.02 Å². The standard InChI is InChI=1S/C25H27ClN4O3S/c1-4-32-20-10-8-18(15-21(20)33-5-2)24(31)30(13-6-12-29-14-11-27-16-29)25-28-22-17(3)7-9-19(26)23(22)34-25/h7-11,14-16H,4-6,12-13H2,1-3H3. The number of thiazole rings is 1. The normalized spacial score (nSPS) is 11.1. The Hall–Kier alpha value is -3.10. The van der Waals surface area contributed by atoms with Crippen molar-refractivity contribution in [2.45, 2.75) is 33.7 Å². The molecule has 34 heavy (non-hydrogen) atoms. The number of imidazole rings is 1. The van der Waals surface area contributed by atoms with Crippen molar-refractivity contribution in [3.05, 3.63) is 65.2 Å². The molecule has 0 unspecified atom stereocenters. The minimum atomic E-state index is -0.150. The van der Waals surface area contributed by atoms with Gasteiger partial charge in [0.2, 0.25) is 0 Å². The number of halogens is 1. The Morgan fingerprint density at radius 1 is 1.15 bits per heavy atom. The molecule has 0 aliphatic heterocycles. The lowest BCUT2D eigenvalue weighted by Gasteiger charge is -2.21. The highest BCUT2D eigenvalue weighted by Crippen LogP contribution is 2.37. The Balaban J connectivity index is 1.68. The van der Waals surface area contributed by atoms with Crippen LogP contribution in [0.3, 0.4) is 0 Å². The average molecular weight is 499 g/mol. The first-order chi connectivity index (χ1) is 16.5. The molecule has 2 aromatic heterocycles. The van der Waals surface area contributed by atoms with E-state index >= 15 is 0 Å². The number of hydrogen-bond acceptors (Lipinski definition) is 6. The summed E-state index contributed by atoms with van der Waals surface area (Å²) < 4.78 is 14.3. The molecule has 0 bridgehead atoms. The van der Waals surface area contributed by atoms with Crippen molar-refractivity contribution in [3.63, 3.8) is 0 Å². The van der Waals surface area contributed by atoms with Crippen molar-refractivity contribution < 1.29 is 14.3 Å². The van der Waals surface area contributed by atoms with Gasteiger partial charge in [0.1, 0.15) is 0 Å². The van der Waals surface area contributed by atoms with Crippen molar-refractivity contribution in [3.8, 4) is 11.5 Å². The first kappa shape index (κ1) is 24.0. The van der Waals surface area contributed by atoms with Crippen LogP contribution in [0.4, 0.5) is 5.13 Å². The smallest absolute Gasteiger partial charge is 0.260 e. The molecule has 0 N–H and O–H groups in total. The minimum Gasteiger partial charge on any atom is -0.490 e. The lowest BCUT2D eigenvalue weighted by atomic mass is 10.1. The number of aryl methyl sites for hydroxylation is 2. The van der Waals surface area contributed by atoms with Gasteiger partial charge in [0.05, 0.1) is 34.8 Å². The molecular weight excluding hydrogens is 472 g/mol. The number of benzene rings is 2. The molecule has 4 aromatic rings. The largest absolute Gasteiger partial charge is 0.490 e. The monoisotopic (exact) mass is 498 g/mol. The van der Waals surface area contributed by atoms with Crippen molar-refractivity contribution in [2.75, 3.05) is 24.7 Å². The van der Waals surface area contributed by atoms with Crippen LogP contribution in [-0.4, -0.2) is 40.2 Å². The van der Waals surface area contributed by atoms with Gasteiger partial charge in [-0.1, -0.05) is 29.0 Å². The zero-order valence-corrected chi connectivity index (χ0v) is 21.0. The van der Waals surface area contributed by atoms with Crippen LogP contribution in [0.15, 0.2) is 49.1 Å². The number of rotatable bonds is 10. The maximum atomic E-state index is 13.8. The molecule has 178 valence electrons. The summed E-state index contributed by atoms with van der Waals surface area (Å²) in [5, 5.41) is 1.25. The summed E-state index contributed by atoms with van der Waals surface area (Å²) in [5.41, 5.74) is 2.35. The summed E-state index contributed by atoms with van der Waals surface area (Å²) in [6.07, 6.45) is 6.16. The molecule has 1 amide bonds. The lowest BCUT2D eigenvalue weighted by molar-refractivity contribution is 0.0985. The molecule has 0 aliphatic rings. The predicted octanol–water partition coefficient (Wildman–Crippen LogP) is 5.99. The number of amides is 1. The predicted molar refractivity (Wildman–Crippen MR) is 137 cm³/mol. The summed E-state index contributed by atoms with van der Waals surface area (Å²) in [7, 11) is 0. The highest BCUT2D eigenvalue weighted by Gasteiger charge is 2.23. The summed E-state index contributed by atoms with van der Waals surface area (Å²) >= 11 is 7.87. The number of fused-ring (bicyclic) bond motifs is 1. The lowest BCUT2D eigenvalue weighted by Crippen LogP contribution is -2.32. The maximum absolute atomic E-state index is 13.8. The Morgan fingerprint density at radius 2 is 1.94 bits per heavy atom. The third-order valence-electron chi connectivity index (χ3n) is 5.31. The second-order valence-corrected chi connectivity index (χ2v) is 9.06. The van der Waals surface area contributed by atoms with Crippen LogP contribution in [0.5, 0.6) is 11.5 Å². The van der Waals surface area contributed by atoms with Crippen molar-refractivity contribution in [1.29, 1.82) is 0 Å². The van der Waals surface area contributed by atoms with E-state index in [4.69, 9.17) is 26.1 Å². The average Bonchev–Trinajstić information content (AvgIpc) is 3.51. The van der Waals surface area contributed by atoms with E-state index in [1.807, 2.05) is 43.7 Å². The summed E-state index contributed by atoms with van der Waals surface area (Å²) in [4.78, 5) is 24.4. The summed E-state index contributed by atoms with van der Waals surface area (Å²) in [6.45, 7) is 8.03. The number of anilines is 1. The Morgan fingerprint density at radius 3 is 2.65 bits per heavy atom. The van der Waals surface area contributed by atoms with Gasteiger partial charge in [-0.3, -0.25) is 9.69 Å². The van der Waals surface area contributed by atoms with Crippen LogP contribution in [-0.2, 0) is 6.54 Å². The van der Waals surface area contributed by atoms with E-state index in [0.717, 1.165) is 28.7 Å². The first-order valence-corrected chi connectivity index (χ1v) is 12.4. The molecule has 4 rings (SSSR count). The Bertz CT molecular complexity index is 1230. The SMILES string of the molecule is CCOc1ccc(C(=O)N(CCCn2ccnc2)c2nc3c(C)ccc(Cl)c3s2)cc1OCC. The second kappa shape index (κ2) is 10.9. The molecule has 0 atom stereocenters. The van der Waals surface area contributed by atoms with Crippen LogP contribution >= 0.6 is 22.9 Å². The summed E-state index contributed by atoms with van der Waals surface area (Å²) in [6, 6.07) is 9.10.